The third-order valence-corrected chi connectivity index (χ3v) is 3.15. The molecule has 0 aromatic carbocycles. The lowest BCUT2D eigenvalue weighted by Gasteiger charge is -2.36. The lowest BCUT2D eigenvalue weighted by molar-refractivity contribution is 0.107. The number of hydrogen-bond donors (Lipinski definition) is 0. The summed E-state index contributed by atoms with van der Waals surface area (Å²) in [5, 5.41) is 8.43. The smallest absolute Gasteiger partial charge is 0.0621 e. The lowest BCUT2D eigenvalue weighted by Crippen LogP contribution is -2.48. The van der Waals surface area contributed by atoms with E-state index < -0.39 is 0 Å². The van der Waals surface area contributed by atoms with Gasteiger partial charge < -0.3 is 4.90 Å². The Labute approximate surface area is 93.7 Å². The van der Waals surface area contributed by atoms with Crippen molar-refractivity contribution in [3.05, 3.63) is 0 Å². The molecule has 0 unspecified atom stereocenters. The van der Waals surface area contributed by atoms with Crippen LogP contribution in [0.5, 0.6) is 0 Å². The van der Waals surface area contributed by atoms with Crippen LogP contribution in [0.15, 0.2) is 0 Å². The summed E-state index contributed by atoms with van der Waals surface area (Å²) in [5.74, 6) is 0. The second kappa shape index (κ2) is 6.81. The van der Waals surface area contributed by atoms with Crippen LogP contribution in [-0.4, -0.2) is 48.6 Å². The van der Waals surface area contributed by atoms with Crippen molar-refractivity contribution in [3.8, 4) is 6.07 Å². The van der Waals surface area contributed by atoms with Crippen molar-refractivity contribution in [1.29, 1.82) is 5.26 Å². The van der Waals surface area contributed by atoms with Crippen molar-refractivity contribution < 1.29 is 0 Å². The van der Waals surface area contributed by atoms with E-state index in [1.807, 2.05) is 0 Å². The van der Waals surface area contributed by atoms with Gasteiger partial charge in [-0.1, -0.05) is 0 Å². The molecular formula is C12H23N3. The quantitative estimate of drug-likeness (QED) is 0.646. The molecule has 0 amide bonds. The number of rotatable bonds is 5. The van der Waals surface area contributed by atoms with Crippen LogP contribution in [0.2, 0.25) is 0 Å². The number of hydrogen-bond acceptors (Lipinski definition) is 3. The Morgan fingerprint density at radius 1 is 1.13 bits per heavy atom. The van der Waals surface area contributed by atoms with E-state index in [0.717, 1.165) is 6.42 Å². The van der Waals surface area contributed by atoms with Gasteiger partial charge in [-0.2, -0.15) is 5.26 Å². The maximum Gasteiger partial charge on any atom is 0.0621 e. The minimum Gasteiger partial charge on any atom is -0.301 e. The van der Waals surface area contributed by atoms with Crippen LogP contribution in [0.4, 0.5) is 0 Å². The predicted octanol–water partition coefficient (Wildman–Crippen LogP) is 1.71. The number of nitrogens with zero attached hydrogens (tertiary/aromatic N) is 3. The first kappa shape index (κ1) is 12.5. The summed E-state index contributed by atoms with van der Waals surface area (Å²) in [7, 11) is 0. The Kier molecular flexibility index (Phi) is 5.67. The molecule has 15 heavy (non-hydrogen) atoms. The molecule has 86 valence electrons. The predicted molar refractivity (Wildman–Crippen MR) is 62.6 cm³/mol. The van der Waals surface area contributed by atoms with Gasteiger partial charge in [0.05, 0.1) is 6.07 Å². The SMILES string of the molecule is CC(C)N1CCN(CCCCC#N)CC1. The van der Waals surface area contributed by atoms with Gasteiger partial charge in [0.25, 0.3) is 0 Å². The van der Waals surface area contributed by atoms with Crippen LogP contribution in [-0.2, 0) is 0 Å². The van der Waals surface area contributed by atoms with E-state index in [1.165, 1.54) is 39.1 Å². The van der Waals surface area contributed by atoms with E-state index in [2.05, 4.69) is 29.7 Å². The van der Waals surface area contributed by atoms with Gasteiger partial charge in [0, 0.05) is 38.6 Å². The summed E-state index contributed by atoms with van der Waals surface area (Å²) in [6, 6.07) is 2.89. The molecule has 0 atom stereocenters. The van der Waals surface area contributed by atoms with Gasteiger partial charge in [-0.25, -0.2) is 0 Å². The fourth-order valence-corrected chi connectivity index (χ4v) is 2.04. The summed E-state index contributed by atoms with van der Waals surface area (Å²) in [4.78, 5) is 5.06. The number of piperazine rings is 1. The van der Waals surface area contributed by atoms with E-state index in [4.69, 9.17) is 5.26 Å². The van der Waals surface area contributed by atoms with E-state index >= 15 is 0 Å². The molecule has 0 N–H and O–H groups in total. The highest BCUT2D eigenvalue weighted by molar-refractivity contribution is 4.75. The van der Waals surface area contributed by atoms with Crippen molar-refractivity contribution >= 4 is 0 Å². The van der Waals surface area contributed by atoms with Crippen molar-refractivity contribution in [2.24, 2.45) is 0 Å². The molecule has 1 aliphatic heterocycles. The third kappa shape index (κ3) is 4.63. The van der Waals surface area contributed by atoms with Crippen molar-refractivity contribution in [2.45, 2.75) is 39.2 Å². The standard InChI is InChI=1S/C12H23N3/c1-12(2)15-10-8-14(9-11-15)7-5-3-4-6-13/h12H,3-5,7-11H2,1-2H3. The zero-order valence-corrected chi connectivity index (χ0v) is 10.1. The van der Waals surface area contributed by atoms with E-state index in [9.17, 15) is 0 Å². The third-order valence-electron chi connectivity index (χ3n) is 3.15. The highest BCUT2D eigenvalue weighted by Crippen LogP contribution is 2.07. The van der Waals surface area contributed by atoms with Crippen LogP contribution in [0.25, 0.3) is 0 Å². The van der Waals surface area contributed by atoms with Gasteiger partial charge >= 0.3 is 0 Å². The van der Waals surface area contributed by atoms with E-state index in [1.54, 1.807) is 0 Å². The van der Waals surface area contributed by atoms with Crippen molar-refractivity contribution in [3.63, 3.8) is 0 Å². The van der Waals surface area contributed by atoms with Crippen LogP contribution in [0.1, 0.15) is 33.1 Å². The zero-order chi connectivity index (χ0) is 11.1. The second-order valence-corrected chi connectivity index (χ2v) is 4.59. The summed E-state index contributed by atoms with van der Waals surface area (Å²) in [5.41, 5.74) is 0. The van der Waals surface area contributed by atoms with Crippen LogP contribution in [0, 0.1) is 11.3 Å². The average Bonchev–Trinajstić information content (AvgIpc) is 2.25. The minimum absolute atomic E-state index is 0.686. The molecule has 1 rings (SSSR count). The molecular weight excluding hydrogens is 186 g/mol. The fraction of sp³-hybridized carbons (Fsp3) is 0.917. The molecule has 3 heteroatoms. The van der Waals surface area contributed by atoms with Gasteiger partial charge in [0.1, 0.15) is 0 Å². The van der Waals surface area contributed by atoms with E-state index in [-0.39, 0.29) is 0 Å². The topological polar surface area (TPSA) is 30.3 Å². The normalized spacial score (nSPS) is 19.3. The molecule has 0 aromatic heterocycles. The monoisotopic (exact) mass is 209 g/mol. The summed E-state index contributed by atoms with van der Waals surface area (Å²) >= 11 is 0. The van der Waals surface area contributed by atoms with Gasteiger partial charge in [0.2, 0.25) is 0 Å². The molecule has 0 radical (unpaired) electrons. The van der Waals surface area contributed by atoms with Crippen LogP contribution >= 0.6 is 0 Å². The fourth-order valence-electron chi connectivity index (χ4n) is 2.04. The molecule has 0 saturated carbocycles. The summed E-state index contributed by atoms with van der Waals surface area (Å²) in [6.07, 6.45) is 2.95. The Bertz CT molecular complexity index is 199. The number of unbranched alkanes of at least 4 members (excludes halogenated alkanes) is 2. The van der Waals surface area contributed by atoms with E-state index in [0.29, 0.717) is 12.5 Å². The van der Waals surface area contributed by atoms with Crippen molar-refractivity contribution in [1.82, 2.24) is 9.80 Å². The largest absolute Gasteiger partial charge is 0.301 e. The number of nitriles is 1. The lowest BCUT2D eigenvalue weighted by atomic mass is 10.2. The Hall–Kier alpha value is -0.590. The zero-order valence-electron chi connectivity index (χ0n) is 10.1. The maximum absolute atomic E-state index is 8.43. The van der Waals surface area contributed by atoms with Gasteiger partial charge in [0.15, 0.2) is 0 Å². The Morgan fingerprint density at radius 2 is 1.80 bits per heavy atom. The molecule has 1 saturated heterocycles. The first-order chi connectivity index (χ1) is 7.24. The maximum atomic E-state index is 8.43. The first-order valence-corrected chi connectivity index (χ1v) is 6.07. The second-order valence-electron chi connectivity index (χ2n) is 4.59. The highest BCUT2D eigenvalue weighted by atomic mass is 15.3. The Morgan fingerprint density at radius 3 is 2.33 bits per heavy atom. The molecule has 0 aromatic rings. The van der Waals surface area contributed by atoms with Crippen molar-refractivity contribution in [2.75, 3.05) is 32.7 Å². The molecule has 0 spiro atoms. The first-order valence-electron chi connectivity index (χ1n) is 6.07. The summed E-state index contributed by atoms with van der Waals surface area (Å²) in [6.45, 7) is 10.5. The minimum atomic E-state index is 0.686. The molecule has 1 heterocycles. The molecule has 0 bridgehead atoms. The molecule has 3 nitrogen and oxygen atoms in total. The van der Waals surface area contributed by atoms with Gasteiger partial charge in [-0.05, 0) is 33.2 Å². The molecule has 1 aliphatic rings. The summed E-state index contributed by atoms with van der Waals surface area (Å²) < 4.78 is 0. The highest BCUT2D eigenvalue weighted by Gasteiger charge is 2.17. The van der Waals surface area contributed by atoms with Crippen LogP contribution < -0.4 is 0 Å². The van der Waals surface area contributed by atoms with Gasteiger partial charge in [-0.3, -0.25) is 4.90 Å². The Balaban J connectivity index is 2.07. The van der Waals surface area contributed by atoms with Gasteiger partial charge in [-0.15, -0.1) is 0 Å². The van der Waals surface area contributed by atoms with Crippen LogP contribution in [0.3, 0.4) is 0 Å². The molecule has 1 fully saturated rings. The average molecular weight is 209 g/mol. The molecule has 0 aliphatic carbocycles.